The summed E-state index contributed by atoms with van der Waals surface area (Å²) in [6.07, 6.45) is 3.13. The largest absolute Gasteiger partial charge is 0.386 e. The smallest absolute Gasteiger partial charge is 0.243 e. The third kappa shape index (κ3) is 3.01. The van der Waals surface area contributed by atoms with Crippen LogP contribution in [0, 0.1) is 5.41 Å². The zero-order chi connectivity index (χ0) is 13.1. The second-order valence-electron chi connectivity index (χ2n) is 3.89. The molecule has 0 fully saturated rings. The van der Waals surface area contributed by atoms with E-state index in [1.165, 1.54) is 24.5 Å². The Kier molecular flexibility index (Phi) is 3.84. The van der Waals surface area contributed by atoms with Crippen molar-refractivity contribution in [1.29, 1.82) is 5.41 Å². The molecule has 0 spiro atoms. The molecular weight excluding hydrogens is 240 g/mol. The van der Waals surface area contributed by atoms with Crippen LogP contribution >= 0.6 is 0 Å². The van der Waals surface area contributed by atoms with Crippen molar-refractivity contribution >= 4 is 15.9 Å². The van der Waals surface area contributed by atoms with Crippen LogP contribution < -0.4 is 10.5 Å². The Balaban J connectivity index is 3.07. The highest BCUT2D eigenvalue weighted by Crippen LogP contribution is 2.14. The molecule has 6 nitrogen and oxygen atoms in total. The van der Waals surface area contributed by atoms with Gasteiger partial charge < -0.3 is 5.73 Å². The molecule has 0 aliphatic heterocycles. The average Bonchev–Trinajstić information content (AvgIpc) is 2.29. The lowest BCUT2D eigenvalue weighted by atomic mass is 10.00. The molecule has 1 atom stereocenters. The van der Waals surface area contributed by atoms with Crippen LogP contribution in [0.4, 0.5) is 0 Å². The maximum Gasteiger partial charge on any atom is 0.243 e. The van der Waals surface area contributed by atoms with E-state index in [1.54, 1.807) is 13.8 Å². The van der Waals surface area contributed by atoms with Crippen LogP contribution in [0.25, 0.3) is 0 Å². The van der Waals surface area contributed by atoms with Gasteiger partial charge in [0.25, 0.3) is 0 Å². The van der Waals surface area contributed by atoms with E-state index in [1.807, 2.05) is 0 Å². The number of amidine groups is 1. The van der Waals surface area contributed by atoms with Crippen molar-refractivity contribution in [1.82, 2.24) is 9.71 Å². The summed E-state index contributed by atoms with van der Waals surface area (Å²) in [6, 6.07) is 2.97. The van der Waals surface area contributed by atoms with Crippen LogP contribution in [-0.4, -0.2) is 24.8 Å². The predicted molar refractivity (Wildman–Crippen MR) is 65.2 cm³/mol. The Morgan fingerprint density at radius 3 is 2.71 bits per heavy atom. The lowest BCUT2D eigenvalue weighted by Gasteiger charge is -2.27. The number of nitrogens with one attached hydrogen (secondary N) is 2. The average molecular weight is 256 g/mol. The third-order valence-electron chi connectivity index (χ3n) is 2.61. The summed E-state index contributed by atoms with van der Waals surface area (Å²) in [5.41, 5.74) is 4.33. The summed E-state index contributed by atoms with van der Waals surface area (Å²) < 4.78 is 26.4. The number of nitrogens with zero attached hydrogens (tertiary/aromatic N) is 1. The summed E-state index contributed by atoms with van der Waals surface area (Å²) >= 11 is 0. The fourth-order valence-electron chi connectivity index (χ4n) is 1.18. The van der Waals surface area contributed by atoms with E-state index in [4.69, 9.17) is 11.1 Å². The van der Waals surface area contributed by atoms with Gasteiger partial charge in [-0.25, -0.2) is 8.42 Å². The van der Waals surface area contributed by atoms with E-state index in [9.17, 15) is 8.42 Å². The van der Waals surface area contributed by atoms with Crippen LogP contribution in [0.2, 0.25) is 0 Å². The minimum Gasteiger partial charge on any atom is -0.386 e. The molecule has 0 radical (unpaired) electrons. The quantitative estimate of drug-likeness (QED) is 0.525. The maximum absolute atomic E-state index is 12.0. The standard InChI is InChI=1S/C10H16N4O2S/c1-3-10(2,9(11)12)14-17(15,16)8-5-4-6-13-7-8/h4-7,14H,3H2,1-2H3,(H3,11,12). The minimum absolute atomic E-state index is 0.0564. The molecule has 1 heterocycles. The van der Waals surface area contributed by atoms with Crippen LogP contribution in [0.5, 0.6) is 0 Å². The van der Waals surface area contributed by atoms with E-state index >= 15 is 0 Å². The minimum atomic E-state index is -3.71. The molecule has 7 heteroatoms. The second kappa shape index (κ2) is 4.80. The van der Waals surface area contributed by atoms with Gasteiger partial charge in [0.05, 0.1) is 5.54 Å². The number of hydrogen-bond donors (Lipinski definition) is 3. The van der Waals surface area contributed by atoms with Gasteiger partial charge in [-0.3, -0.25) is 10.4 Å². The highest BCUT2D eigenvalue weighted by molar-refractivity contribution is 7.89. The summed E-state index contributed by atoms with van der Waals surface area (Å²) in [5, 5.41) is 7.43. The highest BCUT2D eigenvalue weighted by atomic mass is 32.2. The maximum atomic E-state index is 12.0. The van der Waals surface area contributed by atoms with Crippen molar-refractivity contribution < 1.29 is 8.42 Å². The SMILES string of the molecule is CCC(C)(NS(=O)(=O)c1cccnc1)C(=N)N. The van der Waals surface area contributed by atoms with Gasteiger partial charge in [0.2, 0.25) is 10.0 Å². The van der Waals surface area contributed by atoms with Crippen LogP contribution in [0.1, 0.15) is 20.3 Å². The molecule has 0 bridgehead atoms. The van der Waals surface area contributed by atoms with Crippen LogP contribution in [-0.2, 0) is 10.0 Å². The molecule has 0 aromatic carbocycles. The lowest BCUT2D eigenvalue weighted by Crippen LogP contribution is -2.54. The Morgan fingerprint density at radius 2 is 2.29 bits per heavy atom. The van der Waals surface area contributed by atoms with Crippen molar-refractivity contribution in [2.75, 3.05) is 0 Å². The van der Waals surface area contributed by atoms with Gasteiger partial charge >= 0.3 is 0 Å². The fourth-order valence-corrected chi connectivity index (χ4v) is 2.60. The number of aromatic nitrogens is 1. The monoisotopic (exact) mass is 256 g/mol. The number of hydrogen-bond acceptors (Lipinski definition) is 4. The van der Waals surface area contributed by atoms with Gasteiger partial charge in [-0.1, -0.05) is 6.92 Å². The van der Waals surface area contributed by atoms with E-state index in [2.05, 4.69) is 9.71 Å². The van der Waals surface area contributed by atoms with E-state index in [0.717, 1.165) is 0 Å². The van der Waals surface area contributed by atoms with Gasteiger partial charge in [0, 0.05) is 12.4 Å². The first-order valence-corrected chi connectivity index (χ1v) is 6.58. The van der Waals surface area contributed by atoms with Crippen molar-refractivity contribution in [2.45, 2.75) is 30.7 Å². The molecule has 1 aromatic rings. The predicted octanol–water partition coefficient (Wildman–Crippen LogP) is 0.465. The first-order chi connectivity index (χ1) is 7.82. The van der Waals surface area contributed by atoms with Gasteiger partial charge in [-0.15, -0.1) is 0 Å². The number of sulfonamides is 1. The Morgan fingerprint density at radius 1 is 1.65 bits per heavy atom. The van der Waals surface area contributed by atoms with Crippen molar-refractivity contribution in [3.63, 3.8) is 0 Å². The Hall–Kier alpha value is -1.47. The van der Waals surface area contributed by atoms with E-state index in [0.29, 0.717) is 6.42 Å². The molecule has 94 valence electrons. The number of pyridine rings is 1. The second-order valence-corrected chi connectivity index (χ2v) is 5.58. The number of nitrogens with two attached hydrogens (primary N) is 1. The first-order valence-electron chi connectivity index (χ1n) is 5.10. The molecular formula is C10H16N4O2S. The van der Waals surface area contributed by atoms with Gasteiger partial charge in [0.15, 0.2) is 0 Å². The highest BCUT2D eigenvalue weighted by Gasteiger charge is 2.32. The van der Waals surface area contributed by atoms with Crippen molar-refractivity contribution in [2.24, 2.45) is 5.73 Å². The molecule has 0 aliphatic carbocycles. The van der Waals surface area contributed by atoms with Crippen molar-refractivity contribution in [3.05, 3.63) is 24.5 Å². The molecule has 0 amide bonds. The van der Waals surface area contributed by atoms with Gasteiger partial charge in [0.1, 0.15) is 10.7 Å². The van der Waals surface area contributed by atoms with E-state index in [-0.39, 0.29) is 10.7 Å². The lowest BCUT2D eigenvalue weighted by molar-refractivity contribution is 0.505. The normalized spacial score (nSPS) is 15.2. The molecule has 4 N–H and O–H groups in total. The first kappa shape index (κ1) is 13.6. The molecule has 1 unspecified atom stereocenters. The summed E-state index contributed by atoms with van der Waals surface area (Å²) in [6.45, 7) is 3.33. The van der Waals surface area contributed by atoms with Crippen molar-refractivity contribution in [3.8, 4) is 0 Å². The molecule has 0 aliphatic rings. The molecule has 17 heavy (non-hydrogen) atoms. The molecule has 0 saturated heterocycles. The van der Waals surface area contributed by atoms with Gasteiger partial charge in [-0.2, -0.15) is 4.72 Å². The van der Waals surface area contributed by atoms with E-state index < -0.39 is 15.6 Å². The fraction of sp³-hybridized carbons (Fsp3) is 0.400. The summed E-state index contributed by atoms with van der Waals surface area (Å²) in [7, 11) is -3.71. The molecule has 1 rings (SSSR count). The number of rotatable bonds is 5. The van der Waals surface area contributed by atoms with Crippen LogP contribution in [0.15, 0.2) is 29.4 Å². The summed E-state index contributed by atoms with van der Waals surface area (Å²) in [5.74, 6) is -0.215. The zero-order valence-corrected chi connectivity index (χ0v) is 10.6. The topological polar surface area (TPSA) is 109 Å². The summed E-state index contributed by atoms with van der Waals surface area (Å²) in [4.78, 5) is 3.80. The zero-order valence-electron chi connectivity index (χ0n) is 9.77. The Labute approximate surface area is 101 Å². The van der Waals surface area contributed by atoms with Crippen LogP contribution in [0.3, 0.4) is 0 Å². The third-order valence-corrected chi connectivity index (χ3v) is 4.19. The molecule has 1 aromatic heterocycles. The van der Waals surface area contributed by atoms with Gasteiger partial charge in [-0.05, 0) is 25.5 Å². The molecule has 0 saturated carbocycles. The Bertz CT molecular complexity index is 500.